The summed E-state index contributed by atoms with van der Waals surface area (Å²) in [6.07, 6.45) is 3.15. The van der Waals surface area contributed by atoms with E-state index < -0.39 is 0 Å². The Kier molecular flexibility index (Phi) is 2.14. The number of nitrogens with zero attached hydrogens (tertiary/aromatic N) is 2. The van der Waals surface area contributed by atoms with E-state index >= 15 is 0 Å². The van der Waals surface area contributed by atoms with Crippen LogP contribution in [0.1, 0.15) is 5.56 Å². The van der Waals surface area contributed by atoms with Crippen LogP contribution in [-0.2, 0) is 0 Å². The van der Waals surface area contributed by atoms with Crippen LogP contribution in [0.3, 0.4) is 0 Å². The summed E-state index contributed by atoms with van der Waals surface area (Å²) in [5.41, 5.74) is 2.55. The van der Waals surface area contributed by atoms with Gasteiger partial charge in [-0.1, -0.05) is 6.07 Å². The lowest BCUT2D eigenvalue weighted by atomic mass is 10.1. The molecule has 0 aliphatic rings. The van der Waals surface area contributed by atoms with Crippen molar-refractivity contribution in [2.75, 3.05) is 0 Å². The second-order valence-electron chi connectivity index (χ2n) is 3.07. The van der Waals surface area contributed by atoms with Crippen LogP contribution >= 0.6 is 0 Å². The Morgan fingerprint density at radius 2 is 2.07 bits per heavy atom. The van der Waals surface area contributed by atoms with Gasteiger partial charge in [0.15, 0.2) is 0 Å². The van der Waals surface area contributed by atoms with E-state index in [1.54, 1.807) is 12.3 Å². The number of hydrogen-bond acceptors (Lipinski definition) is 3. The highest BCUT2D eigenvalue weighted by molar-refractivity contribution is 5.58. The predicted octanol–water partition coefficient (Wildman–Crippen LogP) is 2.16. The van der Waals surface area contributed by atoms with Crippen molar-refractivity contribution < 1.29 is 5.11 Å². The molecule has 0 aliphatic carbocycles. The third kappa shape index (κ3) is 1.57. The second-order valence-corrected chi connectivity index (χ2v) is 3.07. The molecule has 0 saturated heterocycles. The van der Waals surface area contributed by atoms with E-state index in [2.05, 4.69) is 9.97 Å². The van der Waals surface area contributed by atoms with Gasteiger partial charge in [-0.2, -0.15) is 0 Å². The first-order valence-electron chi connectivity index (χ1n) is 4.34. The van der Waals surface area contributed by atoms with E-state index in [1.807, 2.05) is 25.1 Å². The molecule has 0 fully saturated rings. The van der Waals surface area contributed by atoms with Gasteiger partial charge in [0, 0.05) is 6.20 Å². The molecule has 0 amide bonds. The molecule has 0 radical (unpaired) electrons. The fourth-order valence-electron chi connectivity index (χ4n) is 1.33. The topological polar surface area (TPSA) is 46.0 Å². The van der Waals surface area contributed by atoms with Crippen LogP contribution in [0.25, 0.3) is 11.4 Å². The number of pyridine rings is 2. The van der Waals surface area contributed by atoms with Crippen molar-refractivity contribution in [3.8, 4) is 17.1 Å². The molecule has 0 unspecified atom stereocenters. The Morgan fingerprint density at radius 3 is 2.71 bits per heavy atom. The highest BCUT2D eigenvalue weighted by Crippen LogP contribution is 2.21. The summed E-state index contributed by atoms with van der Waals surface area (Å²) >= 11 is 0. The van der Waals surface area contributed by atoms with Gasteiger partial charge in [-0.3, -0.25) is 9.97 Å². The van der Waals surface area contributed by atoms with Gasteiger partial charge in [0.05, 0.1) is 17.6 Å². The third-order valence-electron chi connectivity index (χ3n) is 1.97. The van der Waals surface area contributed by atoms with Gasteiger partial charge in [0.25, 0.3) is 0 Å². The van der Waals surface area contributed by atoms with Crippen molar-refractivity contribution in [1.82, 2.24) is 9.97 Å². The molecule has 3 heteroatoms. The predicted molar refractivity (Wildman–Crippen MR) is 53.9 cm³/mol. The molecule has 3 nitrogen and oxygen atoms in total. The van der Waals surface area contributed by atoms with Gasteiger partial charge in [-0.05, 0) is 30.7 Å². The van der Waals surface area contributed by atoms with Crippen LogP contribution in [0.4, 0.5) is 0 Å². The molecule has 0 bridgehead atoms. The minimum absolute atomic E-state index is 0.183. The van der Waals surface area contributed by atoms with E-state index in [9.17, 15) is 5.11 Å². The largest absolute Gasteiger partial charge is 0.506 e. The Labute approximate surface area is 82.1 Å². The van der Waals surface area contributed by atoms with Crippen LogP contribution in [-0.4, -0.2) is 15.1 Å². The molecule has 0 saturated carbocycles. The van der Waals surface area contributed by atoms with Crippen molar-refractivity contribution in [2.45, 2.75) is 6.92 Å². The smallest absolute Gasteiger partial charge is 0.134 e. The van der Waals surface area contributed by atoms with Crippen molar-refractivity contribution in [1.29, 1.82) is 0 Å². The zero-order valence-corrected chi connectivity index (χ0v) is 7.81. The first-order valence-corrected chi connectivity index (χ1v) is 4.34. The van der Waals surface area contributed by atoms with Crippen LogP contribution < -0.4 is 0 Å². The van der Waals surface area contributed by atoms with Crippen molar-refractivity contribution in [3.63, 3.8) is 0 Å². The number of aromatic nitrogens is 2. The maximum Gasteiger partial charge on any atom is 0.134 e. The lowest BCUT2D eigenvalue weighted by Gasteiger charge is -2.03. The third-order valence-corrected chi connectivity index (χ3v) is 1.97. The van der Waals surface area contributed by atoms with Gasteiger partial charge in [-0.25, -0.2) is 0 Å². The van der Waals surface area contributed by atoms with Gasteiger partial charge in [-0.15, -0.1) is 0 Å². The molecule has 14 heavy (non-hydrogen) atoms. The van der Waals surface area contributed by atoms with Gasteiger partial charge in [0.2, 0.25) is 0 Å². The Hall–Kier alpha value is -1.90. The SMILES string of the molecule is Cc1cc(O)cnc1-c1ccccn1. The lowest BCUT2D eigenvalue weighted by Crippen LogP contribution is -1.89. The van der Waals surface area contributed by atoms with E-state index in [1.165, 1.54) is 6.20 Å². The molecule has 0 atom stereocenters. The summed E-state index contributed by atoms with van der Waals surface area (Å²) in [6.45, 7) is 1.90. The summed E-state index contributed by atoms with van der Waals surface area (Å²) in [6, 6.07) is 7.35. The van der Waals surface area contributed by atoms with E-state index in [0.717, 1.165) is 17.0 Å². The Morgan fingerprint density at radius 1 is 1.21 bits per heavy atom. The van der Waals surface area contributed by atoms with Gasteiger partial charge >= 0.3 is 0 Å². The lowest BCUT2D eigenvalue weighted by molar-refractivity contribution is 0.472. The molecule has 2 aromatic heterocycles. The summed E-state index contributed by atoms with van der Waals surface area (Å²) in [5.74, 6) is 0.183. The molecular weight excluding hydrogens is 176 g/mol. The zero-order chi connectivity index (χ0) is 9.97. The molecule has 0 spiro atoms. The first-order chi connectivity index (χ1) is 6.77. The molecule has 70 valence electrons. The fraction of sp³-hybridized carbons (Fsp3) is 0.0909. The van der Waals surface area contributed by atoms with E-state index in [4.69, 9.17) is 0 Å². The number of aromatic hydroxyl groups is 1. The second kappa shape index (κ2) is 3.46. The number of aryl methyl sites for hydroxylation is 1. The average Bonchev–Trinajstić information content (AvgIpc) is 2.19. The summed E-state index contributed by atoms with van der Waals surface area (Å²) in [7, 11) is 0. The van der Waals surface area contributed by atoms with E-state index in [-0.39, 0.29) is 5.75 Å². The fourth-order valence-corrected chi connectivity index (χ4v) is 1.33. The number of rotatable bonds is 1. The van der Waals surface area contributed by atoms with Crippen LogP contribution in [0.5, 0.6) is 5.75 Å². The first kappa shape index (κ1) is 8.69. The molecular formula is C11H10N2O. The Bertz CT molecular complexity index is 440. The Balaban J connectivity index is 2.53. The van der Waals surface area contributed by atoms with Gasteiger partial charge in [0.1, 0.15) is 5.75 Å². The monoisotopic (exact) mass is 186 g/mol. The maximum atomic E-state index is 9.20. The molecule has 2 heterocycles. The molecule has 0 aliphatic heterocycles. The molecule has 1 N–H and O–H groups in total. The van der Waals surface area contributed by atoms with Crippen LogP contribution in [0.15, 0.2) is 36.7 Å². The average molecular weight is 186 g/mol. The minimum atomic E-state index is 0.183. The van der Waals surface area contributed by atoms with Crippen molar-refractivity contribution in [2.24, 2.45) is 0 Å². The van der Waals surface area contributed by atoms with Gasteiger partial charge < -0.3 is 5.11 Å². The highest BCUT2D eigenvalue weighted by Gasteiger charge is 2.04. The summed E-state index contributed by atoms with van der Waals surface area (Å²) in [5, 5.41) is 9.20. The molecule has 2 rings (SSSR count). The maximum absolute atomic E-state index is 9.20. The standard InChI is InChI=1S/C11H10N2O/c1-8-6-9(14)7-13-11(8)10-4-2-3-5-12-10/h2-7,14H,1H3. The molecule has 0 aromatic carbocycles. The zero-order valence-electron chi connectivity index (χ0n) is 7.81. The number of hydrogen-bond donors (Lipinski definition) is 1. The highest BCUT2D eigenvalue weighted by atomic mass is 16.3. The summed E-state index contributed by atoms with van der Waals surface area (Å²) < 4.78 is 0. The summed E-state index contributed by atoms with van der Waals surface area (Å²) in [4.78, 5) is 8.33. The molecule has 2 aromatic rings. The minimum Gasteiger partial charge on any atom is -0.506 e. The quantitative estimate of drug-likeness (QED) is 0.742. The van der Waals surface area contributed by atoms with Crippen molar-refractivity contribution in [3.05, 3.63) is 42.2 Å². The normalized spacial score (nSPS) is 10.1. The van der Waals surface area contributed by atoms with Crippen LogP contribution in [0, 0.1) is 6.92 Å². The van der Waals surface area contributed by atoms with Crippen LogP contribution in [0.2, 0.25) is 0 Å². The van der Waals surface area contributed by atoms with Crippen molar-refractivity contribution >= 4 is 0 Å². The van der Waals surface area contributed by atoms with E-state index in [0.29, 0.717) is 0 Å².